The average molecular weight is 307 g/mol. The molecule has 1 atom stereocenters. The largest absolute Gasteiger partial charge is 0.394 e. The maximum atomic E-state index is 10.0. The third kappa shape index (κ3) is 3.20. The third-order valence-electron chi connectivity index (χ3n) is 3.44. The molecule has 0 bridgehead atoms. The molecule has 0 spiro atoms. The zero-order valence-electron chi connectivity index (χ0n) is 11.0. The van der Waals surface area contributed by atoms with Gasteiger partial charge in [0.25, 0.3) is 0 Å². The molecule has 1 aromatic carbocycles. The zero-order chi connectivity index (χ0) is 13.8. The van der Waals surface area contributed by atoms with Crippen molar-refractivity contribution in [2.45, 2.75) is 28.8 Å². The summed E-state index contributed by atoms with van der Waals surface area (Å²) >= 11 is 3.18. The van der Waals surface area contributed by atoms with Crippen molar-refractivity contribution in [2.24, 2.45) is 0 Å². The van der Waals surface area contributed by atoms with E-state index in [0.717, 1.165) is 15.7 Å². The van der Waals surface area contributed by atoms with Gasteiger partial charge in [-0.1, -0.05) is 53.4 Å². The SMILES string of the molecule is OCC(CSc1nncs1)(NC1CC1)c1ccccc1. The third-order valence-corrected chi connectivity index (χ3v) is 5.53. The quantitative estimate of drug-likeness (QED) is 0.769. The van der Waals surface area contributed by atoms with E-state index >= 15 is 0 Å². The molecule has 1 aliphatic carbocycles. The number of thioether (sulfide) groups is 1. The summed E-state index contributed by atoms with van der Waals surface area (Å²) in [6.45, 7) is 0.0827. The molecule has 1 aliphatic rings. The minimum absolute atomic E-state index is 0.0827. The molecule has 0 saturated heterocycles. The van der Waals surface area contributed by atoms with Crippen LogP contribution in [0.15, 0.2) is 40.2 Å². The predicted octanol–water partition coefficient (Wildman–Crippen LogP) is 2.27. The molecule has 20 heavy (non-hydrogen) atoms. The average Bonchev–Trinajstić information content (AvgIpc) is 3.16. The molecule has 1 aromatic heterocycles. The van der Waals surface area contributed by atoms with Crippen molar-refractivity contribution in [2.75, 3.05) is 12.4 Å². The number of hydrogen-bond acceptors (Lipinski definition) is 6. The molecule has 1 fully saturated rings. The smallest absolute Gasteiger partial charge is 0.174 e. The van der Waals surface area contributed by atoms with Gasteiger partial charge in [0.1, 0.15) is 5.51 Å². The standard InChI is InChI=1S/C14H17N3OS2/c18-8-14(16-12-6-7-12,11-4-2-1-3-5-11)9-19-13-17-15-10-20-13/h1-5,10,12,16,18H,6-9H2. The van der Waals surface area contributed by atoms with Crippen LogP contribution >= 0.6 is 23.1 Å². The van der Waals surface area contributed by atoms with Gasteiger partial charge < -0.3 is 10.4 Å². The van der Waals surface area contributed by atoms with E-state index in [9.17, 15) is 5.11 Å². The van der Waals surface area contributed by atoms with Gasteiger partial charge in [-0.25, -0.2) is 0 Å². The van der Waals surface area contributed by atoms with E-state index in [-0.39, 0.29) is 6.61 Å². The molecule has 1 heterocycles. The first-order chi connectivity index (χ1) is 9.82. The van der Waals surface area contributed by atoms with Gasteiger partial charge in [-0.2, -0.15) is 0 Å². The second-order valence-electron chi connectivity index (χ2n) is 5.02. The number of benzene rings is 1. The van der Waals surface area contributed by atoms with Crippen molar-refractivity contribution in [3.63, 3.8) is 0 Å². The Balaban J connectivity index is 1.81. The van der Waals surface area contributed by atoms with Crippen LogP contribution in [-0.4, -0.2) is 33.7 Å². The molecule has 1 saturated carbocycles. The zero-order valence-corrected chi connectivity index (χ0v) is 12.7. The van der Waals surface area contributed by atoms with Crippen molar-refractivity contribution in [1.29, 1.82) is 0 Å². The highest BCUT2D eigenvalue weighted by Gasteiger charge is 2.37. The van der Waals surface area contributed by atoms with Crippen LogP contribution in [0.4, 0.5) is 0 Å². The number of aromatic nitrogens is 2. The second kappa shape index (κ2) is 6.22. The molecular formula is C14H17N3OS2. The predicted molar refractivity (Wildman–Crippen MR) is 82.0 cm³/mol. The van der Waals surface area contributed by atoms with Crippen LogP contribution in [-0.2, 0) is 5.54 Å². The van der Waals surface area contributed by atoms with Crippen molar-refractivity contribution in [3.8, 4) is 0 Å². The second-order valence-corrected chi connectivity index (χ2v) is 7.07. The van der Waals surface area contributed by atoms with Crippen molar-refractivity contribution in [3.05, 3.63) is 41.4 Å². The van der Waals surface area contributed by atoms with Crippen LogP contribution < -0.4 is 5.32 Å². The lowest BCUT2D eigenvalue weighted by atomic mass is 9.92. The van der Waals surface area contributed by atoms with Crippen LogP contribution in [0.1, 0.15) is 18.4 Å². The Hall–Kier alpha value is -0.950. The Morgan fingerprint density at radius 3 is 2.75 bits per heavy atom. The Labute approximate surface area is 126 Å². The van der Waals surface area contributed by atoms with Crippen molar-refractivity contribution >= 4 is 23.1 Å². The first kappa shape index (κ1) is 14.0. The molecule has 0 aliphatic heterocycles. The van der Waals surface area contributed by atoms with Crippen molar-refractivity contribution in [1.82, 2.24) is 15.5 Å². The number of nitrogens with zero attached hydrogens (tertiary/aromatic N) is 2. The lowest BCUT2D eigenvalue weighted by Gasteiger charge is -2.33. The molecule has 2 N–H and O–H groups in total. The van der Waals surface area contributed by atoms with Gasteiger partial charge in [-0.05, 0) is 18.4 Å². The van der Waals surface area contributed by atoms with Crippen LogP contribution in [0.5, 0.6) is 0 Å². The van der Waals surface area contributed by atoms with E-state index in [0.29, 0.717) is 6.04 Å². The fourth-order valence-corrected chi connectivity index (χ4v) is 3.85. The van der Waals surface area contributed by atoms with Gasteiger partial charge in [0, 0.05) is 11.8 Å². The van der Waals surface area contributed by atoms with E-state index in [1.54, 1.807) is 17.3 Å². The van der Waals surface area contributed by atoms with Crippen LogP contribution in [0.3, 0.4) is 0 Å². The Bertz CT molecular complexity index is 531. The Morgan fingerprint density at radius 1 is 1.35 bits per heavy atom. The lowest BCUT2D eigenvalue weighted by molar-refractivity contribution is 0.177. The van der Waals surface area contributed by atoms with E-state index in [1.807, 2.05) is 18.2 Å². The summed E-state index contributed by atoms with van der Waals surface area (Å²) in [5, 5.41) is 21.6. The molecule has 0 radical (unpaired) electrons. The van der Waals surface area contributed by atoms with Gasteiger partial charge >= 0.3 is 0 Å². The molecule has 4 nitrogen and oxygen atoms in total. The normalized spacial score (nSPS) is 17.9. The number of aliphatic hydroxyl groups is 1. The molecule has 1 unspecified atom stereocenters. The number of aliphatic hydroxyl groups excluding tert-OH is 1. The van der Waals surface area contributed by atoms with E-state index < -0.39 is 5.54 Å². The fourth-order valence-electron chi connectivity index (χ4n) is 2.18. The lowest BCUT2D eigenvalue weighted by Crippen LogP contribution is -2.49. The van der Waals surface area contributed by atoms with Gasteiger partial charge in [-0.3, -0.25) is 0 Å². The summed E-state index contributed by atoms with van der Waals surface area (Å²) in [4.78, 5) is 0. The van der Waals surface area contributed by atoms with E-state index in [2.05, 4.69) is 27.6 Å². The van der Waals surface area contributed by atoms with Gasteiger partial charge in [0.15, 0.2) is 4.34 Å². The maximum Gasteiger partial charge on any atom is 0.174 e. The van der Waals surface area contributed by atoms with E-state index in [1.165, 1.54) is 24.2 Å². The fraction of sp³-hybridized carbons (Fsp3) is 0.429. The monoisotopic (exact) mass is 307 g/mol. The number of rotatable bonds is 7. The summed E-state index contributed by atoms with van der Waals surface area (Å²) in [7, 11) is 0. The van der Waals surface area contributed by atoms with Crippen LogP contribution in [0.25, 0.3) is 0 Å². The molecule has 2 aromatic rings. The highest BCUT2D eigenvalue weighted by Crippen LogP contribution is 2.33. The molecular weight excluding hydrogens is 290 g/mol. The van der Waals surface area contributed by atoms with Gasteiger partial charge in [0.05, 0.1) is 12.1 Å². The molecule has 3 rings (SSSR count). The van der Waals surface area contributed by atoms with Crippen LogP contribution in [0, 0.1) is 0 Å². The summed E-state index contributed by atoms with van der Waals surface area (Å²) < 4.78 is 0.941. The molecule has 6 heteroatoms. The molecule has 0 amide bonds. The molecule has 106 valence electrons. The highest BCUT2D eigenvalue weighted by atomic mass is 32.2. The number of nitrogens with one attached hydrogen (secondary N) is 1. The summed E-state index contributed by atoms with van der Waals surface area (Å²) in [6.07, 6.45) is 2.39. The Morgan fingerprint density at radius 2 is 2.15 bits per heavy atom. The van der Waals surface area contributed by atoms with Crippen LogP contribution in [0.2, 0.25) is 0 Å². The van der Waals surface area contributed by atoms with Gasteiger partial charge in [-0.15, -0.1) is 10.2 Å². The maximum absolute atomic E-state index is 10.0. The topological polar surface area (TPSA) is 58.0 Å². The van der Waals surface area contributed by atoms with E-state index in [4.69, 9.17) is 0 Å². The highest BCUT2D eigenvalue weighted by molar-refractivity contribution is 8.01. The van der Waals surface area contributed by atoms with Gasteiger partial charge in [0.2, 0.25) is 0 Å². The minimum atomic E-state index is -0.404. The first-order valence-corrected chi connectivity index (χ1v) is 8.52. The minimum Gasteiger partial charge on any atom is -0.394 e. The summed E-state index contributed by atoms with van der Waals surface area (Å²) in [5.74, 6) is 0.749. The summed E-state index contributed by atoms with van der Waals surface area (Å²) in [5.41, 5.74) is 2.46. The number of hydrogen-bond donors (Lipinski definition) is 2. The van der Waals surface area contributed by atoms with Crippen molar-refractivity contribution < 1.29 is 5.11 Å². The first-order valence-electron chi connectivity index (χ1n) is 6.65. The Kier molecular flexibility index (Phi) is 4.35. The summed E-state index contributed by atoms with van der Waals surface area (Å²) in [6, 6.07) is 10.7.